The van der Waals surface area contributed by atoms with Crippen LogP contribution in [0, 0.1) is 0 Å². The molecule has 0 aromatic carbocycles. The molecule has 4 heteroatoms. The van der Waals surface area contributed by atoms with Crippen LogP contribution < -0.4 is 0 Å². The Kier molecular flexibility index (Phi) is 13.9. The highest BCUT2D eigenvalue weighted by molar-refractivity contribution is 6.36. The van der Waals surface area contributed by atoms with Crippen molar-refractivity contribution in [1.82, 2.24) is 0 Å². The van der Waals surface area contributed by atoms with E-state index in [1.54, 1.807) is 13.8 Å². The van der Waals surface area contributed by atoms with Gasteiger partial charge in [0, 0.05) is 12.8 Å². The zero-order valence-corrected chi connectivity index (χ0v) is 12.8. The van der Waals surface area contributed by atoms with Gasteiger partial charge in [-0.15, -0.1) is 0 Å². The first-order valence-corrected chi connectivity index (χ1v) is 6.87. The fourth-order valence-electron chi connectivity index (χ4n) is 1.46. The molecule has 0 unspecified atom stereocenters. The van der Waals surface area contributed by atoms with Gasteiger partial charge in [0.2, 0.25) is 0 Å². The van der Waals surface area contributed by atoms with Crippen LogP contribution in [0.25, 0.3) is 0 Å². The lowest BCUT2D eigenvalue weighted by Gasteiger charge is -2.04. The van der Waals surface area contributed by atoms with Crippen LogP contribution in [0.2, 0.25) is 0 Å². The molecule has 0 aliphatic heterocycles. The number of carbonyl (C=O) groups excluding carboxylic acids is 4. The Balaban J connectivity index is 0. The van der Waals surface area contributed by atoms with Crippen molar-refractivity contribution in [3.05, 3.63) is 23.3 Å². The predicted octanol–water partition coefficient (Wildman–Crippen LogP) is 3.00. The highest BCUT2D eigenvalue weighted by atomic mass is 16.2. The van der Waals surface area contributed by atoms with Crippen molar-refractivity contribution in [3.63, 3.8) is 0 Å². The molecule has 0 aromatic rings. The number of allylic oxidation sites excluding steroid dienone is 4. The molecule has 4 nitrogen and oxygen atoms in total. The number of rotatable bonds is 8. The molecule has 0 radical (unpaired) electrons. The standard InChI is InChI=1S/C10H14O2.C6H10O2/c1-3-9(5-7-11)10(4-2)6-8-12;1-3-5(7)6(8)4-2/h5-8H,3-4H2,1-2H3;3-4H2,1-2H3. The maximum Gasteiger partial charge on any atom is 0.198 e. The Hall–Kier alpha value is -1.84. The van der Waals surface area contributed by atoms with E-state index in [9.17, 15) is 19.2 Å². The molecule has 0 aromatic heterocycles. The van der Waals surface area contributed by atoms with E-state index in [1.165, 1.54) is 12.2 Å². The van der Waals surface area contributed by atoms with Gasteiger partial charge in [-0.25, -0.2) is 0 Å². The van der Waals surface area contributed by atoms with Gasteiger partial charge in [-0.2, -0.15) is 0 Å². The van der Waals surface area contributed by atoms with Crippen molar-refractivity contribution in [2.75, 3.05) is 0 Å². The largest absolute Gasteiger partial charge is 0.299 e. The lowest BCUT2D eigenvalue weighted by atomic mass is 10.0. The van der Waals surface area contributed by atoms with Crippen molar-refractivity contribution >= 4 is 24.1 Å². The lowest BCUT2D eigenvalue weighted by molar-refractivity contribution is -0.136. The molecular formula is C16H24O4. The molecule has 112 valence electrons. The molecule has 0 spiro atoms. The van der Waals surface area contributed by atoms with Crippen LogP contribution in [0.4, 0.5) is 0 Å². The van der Waals surface area contributed by atoms with Crippen LogP contribution in [0.1, 0.15) is 53.4 Å². The van der Waals surface area contributed by atoms with E-state index in [0.29, 0.717) is 12.8 Å². The van der Waals surface area contributed by atoms with Gasteiger partial charge < -0.3 is 0 Å². The van der Waals surface area contributed by atoms with Crippen LogP contribution >= 0.6 is 0 Å². The van der Waals surface area contributed by atoms with Gasteiger partial charge in [0.1, 0.15) is 12.6 Å². The first-order chi connectivity index (χ1) is 9.51. The Bertz CT molecular complexity index is 351. The van der Waals surface area contributed by atoms with Gasteiger partial charge in [-0.05, 0) is 36.1 Å². The SMILES string of the molecule is CCC(=CC=O)C(=CC=O)CC.CCC(=O)C(=O)CC. The molecule has 0 aliphatic rings. The second-order valence-corrected chi connectivity index (χ2v) is 3.92. The molecule has 0 bridgehead atoms. The predicted molar refractivity (Wildman–Crippen MR) is 79.5 cm³/mol. The summed E-state index contributed by atoms with van der Waals surface area (Å²) in [5.41, 5.74) is 1.89. The number of hydrogen-bond donors (Lipinski definition) is 0. The van der Waals surface area contributed by atoms with Crippen molar-refractivity contribution in [3.8, 4) is 0 Å². The summed E-state index contributed by atoms with van der Waals surface area (Å²) in [6, 6.07) is 0. The average Bonchev–Trinajstić information content (AvgIpc) is 2.49. The second-order valence-electron chi connectivity index (χ2n) is 3.92. The first kappa shape index (κ1) is 20.5. The average molecular weight is 280 g/mol. The van der Waals surface area contributed by atoms with E-state index >= 15 is 0 Å². The molecule has 0 atom stereocenters. The molecule has 0 aliphatic carbocycles. The number of aldehydes is 2. The highest BCUT2D eigenvalue weighted by Gasteiger charge is 2.05. The second kappa shape index (κ2) is 13.6. The topological polar surface area (TPSA) is 68.3 Å². The molecule has 0 amide bonds. The molecular weight excluding hydrogens is 256 g/mol. The van der Waals surface area contributed by atoms with Crippen LogP contribution in [-0.4, -0.2) is 24.1 Å². The van der Waals surface area contributed by atoms with Gasteiger partial charge >= 0.3 is 0 Å². The van der Waals surface area contributed by atoms with Crippen LogP contribution in [-0.2, 0) is 19.2 Å². The maximum atomic E-state index is 10.4. The third-order valence-corrected chi connectivity index (χ3v) is 2.67. The molecule has 0 rings (SSSR count). The highest BCUT2D eigenvalue weighted by Crippen LogP contribution is 2.15. The quantitative estimate of drug-likeness (QED) is 0.296. The monoisotopic (exact) mass is 280 g/mol. The summed E-state index contributed by atoms with van der Waals surface area (Å²) >= 11 is 0. The van der Waals surface area contributed by atoms with Crippen molar-refractivity contribution < 1.29 is 19.2 Å². The first-order valence-electron chi connectivity index (χ1n) is 6.87. The summed E-state index contributed by atoms with van der Waals surface area (Å²) in [5.74, 6) is -0.514. The number of Topliss-reactive ketones (excluding diaryl/α,β-unsaturated/α-hetero) is 2. The third kappa shape index (κ3) is 9.14. The van der Waals surface area contributed by atoms with Crippen LogP contribution in [0.5, 0.6) is 0 Å². The smallest absolute Gasteiger partial charge is 0.198 e. The van der Waals surface area contributed by atoms with E-state index < -0.39 is 0 Å². The van der Waals surface area contributed by atoms with Crippen LogP contribution in [0.15, 0.2) is 23.3 Å². The lowest BCUT2D eigenvalue weighted by Crippen LogP contribution is -2.09. The van der Waals surface area contributed by atoms with Gasteiger partial charge in [0.05, 0.1) is 0 Å². The zero-order chi connectivity index (χ0) is 16.0. The zero-order valence-electron chi connectivity index (χ0n) is 12.8. The van der Waals surface area contributed by atoms with Crippen molar-refractivity contribution in [2.24, 2.45) is 0 Å². The molecule has 0 fully saturated rings. The van der Waals surface area contributed by atoms with Gasteiger partial charge in [0.15, 0.2) is 11.6 Å². The fraction of sp³-hybridized carbons (Fsp3) is 0.500. The number of ketones is 2. The maximum absolute atomic E-state index is 10.4. The van der Waals surface area contributed by atoms with Gasteiger partial charge in [-0.1, -0.05) is 27.7 Å². The Morgan fingerprint density at radius 3 is 1.10 bits per heavy atom. The molecule has 0 N–H and O–H groups in total. The summed E-state index contributed by atoms with van der Waals surface area (Å²) in [4.78, 5) is 41.2. The van der Waals surface area contributed by atoms with E-state index in [4.69, 9.17) is 0 Å². The number of hydrogen-bond acceptors (Lipinski definition) is 4. The van der Waals surface area contributed by atoms with E-state index in [-0.39, 0.29) is 11.6 Å². The molecule has 20 heavy (non-hydrogen) atoms. The Morgan fingerprint density at radius 2 is 0.950 bits per heavy atom. The van der Waals surface area contributed by atoms with Gasteiger partial charge in [0.25, 0.3) is 0 Å². The summed E-state index contributed by atoms with van der Waals surface area (Å²) in [5, 5.41) is 0. The van der Waals surface area contributed by atoms with Crippen molar-refractivity contribution in [1.29, 1.82) is 0 Å². The summed E-state index contributed by atoms with van der Waals surface area (Å²) in [6.07, 6.45) is 6.79. The van der Waals surface area contributed by atoms with Crippen molar-refractivity contribution in [2.45, 2.75) is 53.4 Å². The van der Waals surface area contributed by atoms with E-state index in [2.05, 4.69) is 0 Å². The molecule has 0 saturated heterocycles. The minimum atomic E-state index is -0.257. The molecule has 0 saturated carbocycles. The fourth-order valence-corrected chi connectivity index (χ4v) is 1.46. The summed E-state index contributed by atoms with van der Waals surface area (Å²) in [6.45, 7) is 7.30. The number of carbonyl (C=O) groups is 4. The summed E-state index contributed by atoms with van der Waals surface area (Å²) < 4.78 is 0. The third-order valence-electron chi connectivity index (χ3n) is 2.67. The van der Waals surface area contributed by atoms with E-state index in [1.807, 2.05) is 13.8 Å². The van der Waals surface area contributed by atoms with E-state index in [0.717, 1.165) is 36.6 Å². The Morgan fingerprint density at radius 1 is 0.650 bits per heavy atom. The van der Waals surface area contributed by atoms with Gasteiger partial charge in [-0.3, -0.25) is 19.2 Å². The minimum Gasteiger partial charge on any atom is -0.299 e. The molecule has 0 heterocycles. The Labute approximate surface area is 120 Å². The normalized spacial score (nSPS) is 11.2. The van der Waals surface area contributed by atoms with Crippen LogP contribution in [0.3, 0.4) is 0 Å². The summed E-state index contributed by atoms with van der Waals surface area (Å²) in [7, 11) is 0. The minimum absolute atomic E-state index is 0.257.